The van der Waals surface area contributed by atoms with Crippen molar-refractivity contribution in [1.82, 2.24) is 29.7 Å². The van der Waals surface area contributed by atoms with Crippen LogP contribution in [-0.2, 0) is 0 Å². The van der Waals surface area contributed by atoms with Crippen molar-refractivity contribution in [2.75, 3.05) is 31.5 Å². The number of Topliss-reactive ketones (excluding diaryl/α,β-unsaturated/α-hetero) is 1. The number of hydrogen-bond acceptors (Lipinski definition) is 8. The van der Waals surface area contributed by atoms with Crippen LogP contribution in [0.4, 0.5) is 11.8 Å². The van der Waals surface area contributed by atoms with Crippen molar-refractivity contribution in [2.45, 2.75) is 70.9 Å². The Morgan fingerprint density at radius 2 is 1.85 bits per heavy atom. The largest absolute Gasteiger partial charge is 0.317 e. The maximum absolute atomic E-state index is 13.4. The lowest BCUT2D eigenvalue weighted by Crippen LogP contribution is -2.44. The summed E-state index contributed by atoms with van der Waals surface area (Å²) in [6.45, 7) is 7.59. The van der Waals surface area contributed by atoms with E-state index in [1.165, 1.54) is 25.3 Å². The fraction of sp³-hybridized carbons (Fsp3) is 0.500. The molecule has 0 aromatic carbocycles. The third kappa shape index (κ3) is 5.13. The smallest absolute Gasteiger partial charge is 0.263 e. The number of aromatic nitrogens is 4. The van der Waals surface area contributed by atoms with E-state index in [0.29, 0.717) is 29.0 Å². The molecule has 3 aliphatic rings. The van der Waals surface area contributed by atoms with Crippen LogP contribution in [0.15, 0.2) is 35.4 Å². The zero-order valence-electron chi connectivity index (χ0n) is 22.9. The number of carbonyl (C=O) groups excluding carboxylic acids is 1. The number of pyridine rings is 2. The van der Waals surface area contributed by atoms with Crippen LogP contribution in [0.2, 0.25) is 0 Å². The summed E-state index contributed by atoms with van der Waals surface area (Å²) < 4.78 is 1.73. The Labute approximate surface area is 228 Å². The molecular formula is C30H37N7O2. The molecule has 0 atom stereocenters. The average Bonchev–Trinajstić information content (AvgIpc) is 3.48. The Hall–Kier alpha value is -3.43. The molecule has 6 rings (SSSR count). The maximum Gasteiger partial charge on any atom is 0.263 e. The van der Waals surface area contributed by atoms with Crippen LogP contribution >= 0.6 is 0 Å². The van der Waals surface area contributed by atoms with E-state index < -0.39 is 0 Å². The highest BCUT2D eigenvalue weighted by Crippen LogP contribution is 2.32. The van der Waals surface area contributed by atoms with Gasteiger partial charge >= 0.3 is 0 Å². The second kappa shape index (κ2) is 11.0. The van der Waals surface area contributed by atoms with Gasteiger partial charge in [-0.3, -0.25) is 19.1 Å². The Balaban J connectivity index is 1.23. The number of hydrogen-bond donors (Lipinski definition) is 2. The van der Waals surface area contributed by atoms with Gasteiger partial charge in [0, 0.05) is 43.0 Å². The molecule has 39 heavy (non-hydrogen) atoms. The molecule has 2 aliphatic heterocycles. The van der Waals surface area contributed by atoms with Crippen molar-refractivity contribution in [3.8, 4) is 0 Å². The van der Waals surface area contributed by atoms with Gasteiger partial charge in [0.2, 0.25) is 5.95 Å². The molecule has 3 aromatic heterocycles. The highest BCUT2D eigenvalue weighted by Gasteiger charge is 2.26. The van der Waals surface area contributed by atoms with Crippen molar-refractivity contribution in [1.29, 1.82) is 0 Å². The molecular weight excluding hydrogens is 490 g/mol. The first-order valence-electron chi connectivity index (χ1n) is 14.3. The molecule has 0 radical (unpaired) electrons. The SMILES string of the molecule is CC(=O)c1c(C)c2cnc(Nc3ccc(C4=CCN(C5CCNCC5)CC4)cn3)nc2n(C2CCCC2)c1=O. The Morgan fingerprint density at radius 1 is 1.05 bits per heavy atom. The van der Waals surface area contributed by atoms with Crippen molar-refractivity contribution in [3.05, 3.63) is 57.6 Å². The van der Waals surface area contributed by atoms with E-state index in [1.54, 1.807) is 10.8 Å². The van der Waals surface area contributed by atoms with Gasteiger partial charge in [0.05, 0.1) is 5.56 Å². The van der Waals surface area contributed by atoms with E-state index in [2.05, 4.69) is 37.6 Å². The Kier molecular flexibility index (Phi) is 7.27. The van der Waals surface area contributed by atoms with Gasteiger partial charge in [-0.2, -0.15) is 4.98 Å². The highest BCUT2D eigenvalue weighted by molar-refractivity contribution is 5.99. The molecule has 9 nitrogen and oxygen atoms in total. The quantitative estimate of drug-likeness (QED) is 0.455. The number of piperidine rings is 1. The highest BCUT2D eigenvalue weighted by atomic mass is 16.1. The molecule has 1 saturated carbocycles. The molecule has 1 aliphatic carbocycles. The van der Waals surface area contributed by atoms with E-state index in [-0.39, 0.29) is 22.9 Å². The Morgan fingerprint density at radius 3 is 2.51 bits per heavy atom. The first-order valence-corrected chi connectivity index (χ1v) is 14.3. The number of anilines is 2. The number of rotatable bonds is 6. The summed E-state index contributed by atoms with van der Waals surface area (Å²) in [5.41, 5.74) is 3.71. The summed E-state index contributed by atoms with van der Waals surface area (Å²) in [6, 6.07) is 4.80. The van der Waals surface area contributed by atoms with E-state index in [9.17, 15) is 9.59 Å². The first kappa shape index (κ1) is 25.8. The molecule has 1 saturated heterocycles. The van der Waals surface area contributed by atoms with Crippen LogP contribution in [0.1, 0.15) is 79.4 Å². The van der Waals surface area contributed by atoms with Gasteiger partial charge in [-0.1, -0.05) is 18.9 Å². The van der Waals surface area contributed by atoms with E-state index in [0.717, 1.165) is 69.2 Å². The number of nitrogens with one attached hydrogen (secondary N) is 2. The minimum absolute atomic E-state index is 0.0494. The number of ketones is 1. The van der Waals surface area contributed by atoms with Crippen LogP contribution in [0, 0.1) is 6.92 Å². The van der Waals surface area contributed by atoms with Crippen molar-refractivity contribution in [2.24, 2.45) is 0 Å². The van der Waals surface area contributed by atoms with Crippen molar-refractivity contribution < 1.29 is 4.79 Å². The minimum atomic E-state index is -0.244. The Bertz CT molecular complexity index is 1470. The molecule has 2 fully saturated rings. The number of fused-ring (bicyclic) bond motifs is 1. The fourth-order valence-electron chi connectivity index (χ4n) is 6.53. The van der Waals surface area contributed by atoms with Crippen LogP contribution in [0.5, 0.6) is 0 Å². The van der Waals surface area contributed by atoms with E-state index in [4.69, 9.17) is 4.98 Å². The zero-order valence-corrected chi connectivity index (χ0v) is 22.9. The second-order valence-electron chi connectivity index (χ2n) is 11.1. The summed E-state index contributed by atoms with van der Waals surface area (Å²) in [6.07, 6.45) is 13.4. The van der Waals surface area contributed by atoms with Crippen molar-refractivity contribution in [3.63, 3.8) is 0 Å². The number of carbonyl (C=O) groups is 1. The molecule has 0 spiro atoms. The van der Waals surface area contributed by atoms with Gasteiger partial charge in [0.25, 0.3) is 5.56 Å². The van der Waals surface area contributed by atoms with Crippen LogP contribution < -0.4 is 16.2 Å². The van der Waals surface area contributed by atoms with Crippen LogP contribution in [0.3, 0.4) is 0 Å². The van der Waals surface area contributed by atoms with Gasteiger partial charge in [-0.25, -0.2) is 9.97 Å². The topological polar surface area (TPSA) is 105 Å². The monoisotopic (exact) mass is 527 g/mol. The molecule has 2 N–H and O–H groups in total. The molecule has 0 bridgehead atoms. The molecule has 0 amide bonds. The molecule has 5 heterocycles. The van der Waals surface area contributed by atoms with E-state index >= 15 is 0 Å². The number of aryl methyl sites for hydroxylation is 1. The number of nitrogens with zero attached hydrogens (tertiary/aromatic N) is 5. The predicted molar refractivity (Wildman–Crippen MR) is 154 cm³/mol. The predicted octanol–water partition coefficient (Wildman–Crippen LogP) is 4.40. The maximum atomic E-state index is 13.4. The van der Waals surface area contributed by atoms with Gasteiger partial charge in [0.1, 0.15) is 11.5 Å². The molecule has 9 heteroatoms. The lowest BCUT2D eigenvalue weighted by molar-refractivity contribution is 0.101. The van der Waals surface area contributed by atoms with Gasteiger partial charge < -0.3 is 10.6 Å². The summed E-state index contributed by atoms with van der Waals surface area (Å²) in [4.78, 5) is 42.3. The third-order valence-corrected chi connectivity index (χ3v) is 8.69. The van der Waals surface area contributed by atoms with Crippen LogP contribution in [-0.4, -0.2) is 62.4 Å². The normalized spacial score (nSPS) is 19.4. The summed E-state index contributed by atoms with van der Waals surface area (Å²) in [7, 11) is 0. The third-order valence-electron chi connectivity index (χ3n) is 8.69. The summed E-state index contributed by atoms with van der Waals surface area (Å²) in [5.74, 6) is 0.820. The second-order valence-corrected chi connectivity index (χ2v) is 11.1. The van der Waals surface area contributed by atoms with E-state index in [1.807, 2.05) is 19.2 Å². The molecule has 0 unspecified atom stereocenters. The lowest BCUT2D eigenvalue weighted by Gasteiger charge is -2.36. The summed E-state index contributed by atoms with van der Waals surface area (Å²) in [5, 5.41) is 7.41. The summed E-state index contributed by atoms with van der Waals surface area (Å²) >= 11 is 0. The van der Waals surface area contributed by atoms with Gasteiger partial charge in [0.15, 0.2) is 5.78 Å². The van der Waals surface area contributed by atoms with Crippen molar-refractivity contribution >= 4 is 34.2 Å². The van der Waals surface area contributed by atoms with Gasteiger partial charge in [-0.05, 0) is 87.9 Å². The average molecular weight is 528 g/mol. The zero-order chi connectivity index (χ0) is 26.9. The first-order chi connectivity index (χ1) is 19.0. The lowest BCUT2D eigenvalue weighted by atomic mass is 9.97. The molecule has 204 valence electrons. The fourth-order valence-corrected chi connectivity index (χ4v) is 6.53. The van der Waals surface area contributed by atoms with Crippen LogP contribution in [0.25, 0.3) is 16.6 Å². The standard InChI is InChI=1S/C30H37N7O2/c1-19-25-18-33-30(35-28(25)37(24-5-3-4-6-24)29(39)27(19)20(2)38)34-26-8-7-22(17-32-26)21-11-15-36(16-12-21)23-9-13-31-14-10-23/h7-8,11,17-18,23-24,31H,3-6,9-10,12-16H2,1-2H3,(H,32,33,34,35). The minimum Gasteiger partial charge on any atom is -0.317 e. The van der Waals surface area contributed by atoms with Gasteiger partial charge in [-0.15, -0.1) is 0 Å². The molecule has 3 aromatic rings.